The minimum Gasteiger partial charge on any atom is -0.396 e. The van der Waals surface area contributed by atoms with Crippen molar-refractivity contribution in [2.24, 2.45) is 35.0 Å². The maximum atomic E-state index is 10.7. The molecule has 0 aliphatic heterocycles. The third-order valence-electron chi connectivity index (χ3n) is 6.47. The topological polar surface area (TPSA) is 60.7 Å². The summed E-state index contributed by atoms with van der Waals surface area (Å²) in [5, 5.41) is 30.6. The number of rotatable bonds is 1. The number of hydrogen-bond acceptors (Lipinski definition) is 3. The molecule has 0 aromatic carbocycles. The van der Waals surface area contributed by atoms with Crippen LogP contribution in [-0.2, 0) is 0 Å². The zero-order valence-corrected chi connectivity index (χ0v) is 11.6. The fraction of sp³-hybridized carbons (Fsp3) is 1.00. The predicted octanol–water partition coefficient (Wildman–Crippen LogP) is 1.41. The summed E-state index contributed by atoms with van der Waals surface area (Å²) in [6, 6.07) is 0. The van der Waals surface area contributed by atoms with E-state index in [1.54, 1.807) is 0 Å². The van der Waals surface area contributed by atoms with Crippen LogP contribution in [0.15, 0.2) is 0 Å². The summed E-state index contributed by atoms with van der Waals surface area (Å²) >= 11 is 0. The fourth-order valence-electron chi connectivity index (χ4n) is 5.46. The molecule has 3 aliphatic rings. The van der Waals surface area contributed by atoms with Crippen LogP contribution in [0.3, 0.4) is 0 Å². The number of fused-ring (bicyclic) bond motifs is 3. The van der Waals surface area contributed by atoms with Crippen molar-refractivity contribution < 1.29 is 15.3 Å². The molecular formula is C15H26O3. The molecule has 0 unspecified atom stereocenters. The molecule has 0 aromatic heterocycles. The summed E-state index contributed by atoms with van der Waals surface area (Å²) in [6.07, 6.45) is 2.17. The molecule has 3 aliphatic carbocycles. The number of aliphatic hydroxyl groups excluding tert-OH is 2. The van der Waals surface area contributed by atoms with Gasteiger partial charge in [0.15, 0.2) is 0 Å². The van der Waals surface area contributed by atoms with Gasteiger partial charge in [0.1, 0.15) is 0 Å². The third kappa shape index (κ3) is 1.47. The first-order valence-electron chi connectivity index (χ1n) is 7.34. The van der Waals surface area contributed by atoms with E-state index in [4.69, 9.17) is 0 Å². The molecule has 18 heavy (non-hydrogen) atoms. The highest BCUT2D eigenvalue weighted by molar-refractivity contribution is 5.17. The quantitative estimate of drug-likeness (QED) is 0.663. The lowest BCUT2D eigenvalue weighted by atomic mass is 9.73. The summed E-state index contributed by atoms with van der Waals surface area (Å²) in [5.74, 6) is 1.86. The Morgan fingerprint density at radius 2 is 1.89 bits per heavy atom. The van der Waals surface area contributed by atoms with E-state index < -0.39 is 5.60 Å². The van der Waals surface area contributed by atoms with E-state index in [0.29, 0.717) is 23.7 Å². The lowest BCUT2D eigenvalue weighted by Gasteiger charge is -2.37. The van der Waals surface area contributed by atoms with Crippen LogP contribution < -0.4 is 0 Å². The number of hydrogen-bond donors (Lipinski definition) is 3. The van der Waals surface area contributed by atoms with Gasteiger partial charge in [0.05, 0.1) is 11.7 Å². The molecule has 0 heterocycles. The van der Waals surface area contributed by atoms with Crippen LogP contribution in [0.4, 0.5) is 0 Å². The summed E-state index contributed by atoms with van der Waals surface area (Å²) in [7, 11) is 0. The summed E-state index contributed by atoms with van der Waals surface area (Å²) in [4.78, 5) is 0. The van der Waals surface area contributed by atoms with Crippen molar-refractivity contribution in [3.63, 3.8) is 0 Å². The number of aliphatic hydroxyl groups is 3. The largest absolute Gasteiger partial charge is 0.396 e. The molecule has 0 radical (unpaired) electrons. The molecule has 0 aromatic rings. The van der Waals surface area contributed by atoms with Gasteiger partial charge < -0.3 is 15.3 Å². The van der Waals surface area contributed by atoms with Gasteiger partial charge in [0.2, 0.25) is 0 Å². The molecule has 3 saturated carbocycles. The Labute approximate surface area is 109 Å². The Bertz CT molecular complexity index is 354. The van der Waals surface area contributed by atoms with E-state index in [1.165, 1.54) is 0 Å². The van der Waals surface area contributed by atoms with Gasteiger partial charge in [-0.2, -0.15) is 0 Å². The normalized spacial score (nSPS) is 63.0. The second kappa shape index (κ2) is 3.71. The summed E-state index contributed by atoms with van der Waals surface area (Å²) in [6.45, 7) is 6.52. The van der Waals surface area contributed by atoms with Crippen LogP contribution in [0.2, 0.25) is 0 Å². The van der Waals surface area contributed by atoms with Crippen molar-refractivity contribution in [2.75, 3.05) is 6.61 Å². The molecule has 3 N–H and O–H groups in total. The van der Waals surface area contributed by atoms with E-state index in [1.807, 2.05) is 6.92 Å². The van der Waals surface area contributed by atoms with Gasteiger partial charge in [0, 0.05) is 12.5 Å². The van der Waals surface area contributed by atoms with Crippen molar-refractivity contribution in [1.82, 2.24) is 0 Å². The maximum Gasteiger partial charge on any atom is 0.0675 e. The van der Waals surface area contributed by atoms with E-state index in [-0.39, 0.29) is 24.0 Å². The molecular weight excluding hydrogens is 228 g/mol. The minimum atomic E-state index is -0.737. The zero-order valence-electron chi connectivity index (χ0n) is 11.6. The maximum absolute atomic E-state index is 10.7. The average molecular weight is 254 g/mol. The first kappa shape index (κ1) is 12.9. The molecule has 0 saturated heterocycles. The van der Waals surface area contributed by atoms with E-state index >= 15 is 0 Å². The van der Waals surface area contributed by atoms with Crippen molar-refractivity contribution >= 4 is 0 Å². The van der Waals surface area contributed by atoms with E-state index in [9.17, 15) is 15.3 Å². The van der Waals surface area contributed by atoms with Crippen LogP contribution in [0, 0.1) is 35.0 Å². The van der Waals surface area contributed by atoms with Gasteiger partial charge >= 0.3 is 0 Å². The highest BCUT2D eigenvalue weighted by Crippen LogP contribution is 2.71. The highest BCUT2D eigenvalue weighted by atomic mass is 16.3. The van der Waals surface area contributed by atoms with Gasteiger partial charge in [-0.1, -0.05) is 13.8 Å². The molecule has 0 spiro atoms. The molecule has 3 rings (SSSR count). The Hall–Kier alpha value is -0.120. The Kier molecular flexibility index (Phi) is 2.66. The predicted molar refractivity (Wildman–Crippen MR) is 68.8 cm³/mol. The monoisotopic (exact) mass is 254 g/mol. The Morgan fingerprint density at radius 1 is 1.22 bits per heavy atom. The van der Waals surface area contributed by atoms with E-state index in [0.717, 1.165) is 19.3 Å². The molecule has 8 atom stereocenters. The fourth-order valence-corrected chi connectivity index (χ4v) is 5.46. The van der Waals surface area contributed by atoms with Crippen LogP contribution in [0.5, 0.6) is 0 Å². The lowest BCUT2D eigenvalue weighted by Crippen LogP contribution is -2.43. The van der Waals surface area contributed by atoms with Gasteiger partial charge in [-0.25, -0.2) is 0 Å². The Morgan fingerprint density at radius 3 is 2.50 bits per heavy atom. The second-order valence-corrected chi connectivity index (χ2v) is 7.58. The summed E-state index contributed by atoms with van der Waals surface area (Å²) in [5.41, 5.74) is -0.698. The van der Waals surface area contributed by atoms with Gasteiger partial charge in [0.25, 0.3) is 0 Å². The molecule has 3 nitrogen and oxygen atoms in total. The standard InChI is InChI=1S/C15H26O3/c1-8-6-10(17)13-11(8)12-9(14(12,2)7-16)4-5-15(13,3)18/h8-13,16-18H,4-7H2,1-3H3/t8-,9-,10+,11+,12-,13-,14+,15-/m1/s1. The lowest BCUT2D eigenvalue weighted by molar-refractivity contribution is -0.0720. The van der Waals surface area contributed by atoms with Gasteiger partial charge in [-0.05, 0) is 55.3 Å². The van der Waals surface area contributed by atoms with Gasteiger partial charge in [-0.15, -0.1) is 0 Å². The van der Waals surface area contributed by atoms with Crippen molar-refractivity contribution in [2.45, 2.75) is 51.7 Å². The SMILES string of the molecule is C[C@@H]1C[C@H](O)[C@@H]2[C@@H]1[C@H]1[C@@H](CC[C@@]2(C)O)[C@]1(C)CO. The van der Waals surface area contributed by atoms with Crippen LogP contribution in [0.1, 0.15) is 40.0 Å². The first-order chi connectivity index (χ1) is 8.33. The molecule has 3 heteroatoms. The second-order valence-electron chi connectivity index (χ2n) is 7.58. The first-order valence-corrected chi connectivity index (χ1v) is 7.34. The van der Waals surface area contributed by atoms with Crippen LogP contribution in [0.25, 0.3) is 0 Å². The highest BCUT2D eigenvalue weighted by Gasteiger charge is 2.69. The third-order valence-corrected chi connectivity index (χ3v) is 6.47. The van der Waals surface area contributed by atoms with Crippen molar-refractivity contribution in [1.29, 1.82) is 0 Å². The Balaban J connectivity index is 1.96. The average Bonchev–Trinajstić information content (AvgIpc) is 2.79. The molecule has 0 amide bonds. The molecule has 104 valence electrons. The summed E-state index contributed by atoms with van der Waals surface area (Å²) < 4.78 is 0. The van der Waals surface area contributed by atoms with Crippen LogP contribution in [-0.4, -0.2) is 33.6 Å². The zero-order chi connectivity index (χ0) is 13.3. The van der Waals surface area contributed by atoms with E-state index in [2.05, 4.69) is 13.8 Å². The van der Waals surface area contributed by atoms with Crippen molar-refractivity contribution in [3.05, 3.63) is 0 Å². The smallest absolute Gasteiger partial charge is 0.0675 e. The van der Waals surface area contributed by atoms with Crippen molar-refractivity contribution in [3.8, 4) is 0 Å². The van der Waals surface area contributed by atoms with Crippen LogP contribution >= 0.6 is 0 Å². The molecule has 0 bridgehead atoms. The minimum absolute atomic E-state index is 0.00382. The van der Waals surface area contributed by atoms with Gasteiger partial charge in [-0.3, -0.25) is 0 Å². The molecule has 3 fully saturated rings.